The maximum atomic E-state index is 5.42. The number of para-hydroxylation sites is 1. The highest BCUT2D eigenvalue weighted by atomic mass is 15.1. The van der Waals surface area contributed by atoms with Gasteiger partial charge in [0.1, 0.15) is 6.17 Å². The predicted octanol–water partition coefficient (Wildman–Crippen LogP) is 19.3. The first-order chi connectivity index (χ1) is 39.7. The van der Waals surface area contributed by atoms with E-state index in [9.17, 15) is 0 Å². The zero-order valence-electron chi connectivity index (χ0n) is 43.8. The summed E-state index contributed by atoms with van der Waals surface area (Å²) in [6.07, 6.45) is 1.84. The average molecular weight is 1020 g/mol. The molecular weight excluding hydrogens is 969 g/mol. The molecule has 0 radical (unpaired) electrons. The van der Waals surface area contributed by atoms with Crippen LogP contribution in [0.1, 0.15) is 22.9 Å². The van der Waals surface area contributed by atoms with Crippen LogP contribution in [0.2, 0.25) is 0 Å². The lowest BCUT2D eigenvalue weighted by molar-refractivity contribution is 0.663. The Labute approximate surface area is 465 Å². The van der Waals surface area contributed by atoms with Crippen LogP contribution in [-0.2, 0) is 0 Å². The Morgan fingerprint density at radius 1 is 0.287 bits per heavy atom. The summed E-state index contributed by atoms with van der Waals surface area (Å²) in [5, 5.41) is 8.62. The number of rotatable bonds is 10. The lowest BCUT2D eigenvalue weighted by atomic mass is 9.94. The first-order valence-electron chi connectivity index (χ1n) is 27.5. The largest absolute Gasteiger partial charge is 0.360 e. The average Bonchev–Trinajstić information content (AvgIpc) is 4.20. The summed E-state index contributed by atoms with van der Waals surface area (Å²) in [4.78, 5) is 5.42. The van der Waals surface area contributed by atoms with Crippen LogP contribution in [0.25, 0.3) is 116 Å². The van der Waals surface area contributed by atoms with Gasteiger partial charge in [-0.2, -0.15) is 0 Å². The number of allylic oxidation sites excluding steroid dienone is 1. The quantitative estimate of drug-likeness (QED) is 0.146. The second kappa shape index (κ2) is 19.8. The number of hydrogen-bond donors (Lipinski definition) is 1. The molecule has 80 heavy (non-hydrogen) atoms. The Morgan fingerprint density at radius 2 is 0.688 bits per heavy atom. The first kappa shape index (κ1) is 46.7. The van der Waals surface area contributed by atoms with Gasteiger partial charge in [0.05, 0.1) is 27.8 Å². The van der Waals surface area contributed by atoms with Crippen molar-refractivity contribution in [2.24, 2.45) is 4.99 Å². The van der Waals surface area contributed by atoms with Gasteiger partial charge in [-0.3, -0.25) is 4.99 Å². The van der Waals surface area contributed by atoms with Gasteiger partial charge in [-0.05, 0) is 140 Å². The highest BCUT2D eigenvalue weighted by Gasteiger charge is 2.25. The first-order valence-corrected chi connectivity index (χ1v) is 27.5. The van der Waals surface area contributed by atoms with Crippen LogP contribution in [0.4, 0.5) is 0 Å². The van der Waals surface area contributed by atoms with Crippen LogP contribution in [0.3, 0.4) is 0 Å². The van der Waals surface area contributed by atoms with E-state index in [0.717, 1.165) is 78.3 Å². The molecule has 14 aromatic rings. The smallest absolute Gasteiger partial charge is 0.145 e. The molecule has 0 spiro atoms. The number of nitrogens with one attached hydrogen (secondary N) is 1. The van der Waals surface area contributed by atoms with Crippen LogP contribution < -0.4 is 5.32 Å². The predicted molar refractivity (Wildman–Crippen MR) is 336 cm³/mol. The van der Waals surface area contributed by atoms with E-state index in [1.54, 1.807) is 0 Å². The Hall–Kier alpha value is -10.6. The molecule has 0 fully saturated rings. The van der Waals surface area contributed by atoms with Crippen molar-refractivity contribution >= 4 is 55.0 Å². The fraction of sp³-hybridized carbons (Fsp3) is 0.0132. The fourth-order valence-corrected chi connectivity index (χ4v) is 12.1. The van der Waals surface area contributed by atoms with Gasteiger partial charge in [0.25, 0.3) is 0 Å². The van der Waals surface area contributed by atoms with Gasteiger partial charge in [-0.15, -0.1) is 0 Å². The van der Waals surface area contributed by atoms with Crippen molar-refractivity contribution in [2.75, 3.05) is 0 Å². The molecule has 0 aliphatic carbocycles. The van der Waals surface area contributed by atoms with Gasteiger partial charge in [0.15, 0.2) is 0 Å². The third-order valence-electron chi connectivity index (χ3n) is 15.9. The molecule has 1 aliphatic rings. The number of aromatic nitrogens is 2. The Balaban J connectivity index is 0.959. The van der Waals surface area contributed by atoms with E-state index in [2.05, 4.69) is 318 Å². The third-order valence-corrected chi connectivity index (χ3v) is 15.9. The van der Waals surface area contributed by atoms with Crippen molar-refractivity contribution in [3.63, 3.8) is 0 Å². The molecule has 0 saturated carbocycles. The highest BCUT2D eigenvalue weighted by molar-refractivity contribution is 6.18. The van der Waals surface area contributed by atoms with E-state index >= 15 is 0 Å². The number of aliphatic imine (C=N–C) groups is 1. The zero-order valence-corrected chi connectivity index (χ0v) is 43.8. The maximum absolute atomic E-state index is 5.42. The monoisotopic (exact) mass is 1020 g/mol. The molecule has 376 valence electrons. The Kier molecular flexibility index (Phi) is 11.6. The molecule has 3 heterocycles. The van der Waals surface area contributed by atoms with Crippen molar-refractivity contribution in [3.05, 3.63) is 320 Å². The summed E-state index contributed by atoms with van der Waals surface area (Å²) in [5.41, 5.74) is 23.8. The standard InChI is InChI=1S/C76H52N4/c1-8-23-51(24-9-1)60-46-64(53-27-12-3-13-28-53)74-68(48-60)66-44-57(39-41-72(66)79(74)62-36-20-7-21-37-62)58-40-42-73-67(45-58)69-49-61(52-25-10-2-11-26-52)47-65(54-29-14-4-15-30-54)75(69)80(73)63-38-22-35-59(43-63)76-77-70(55-31-16-5-17-32-55)50-71(78-76)56-33-18-6-19-34-56/h1-50,76-77H. The SMILES string of the molecule is C1=C(c2ccccc2)NC(c2cccc(-n3c4ccc(-c5ccc6c(c5)c5cc(-c7ccccc7)cc(-c7ccccc7)c5n6-c5ccccc5)cc4c4cc(-c5ccccc5)cc(-c5ccccc5)c43)c2)N=C1c1ccccc1. The van der Waals surface area contributed by atoms with E-state index in [1.807, 2.05) is 0 Å². The van der Waals surface area contributed by atoms with Gasteiger partial charge >= 0.3 is 0 Å². The van der Waals surface area contributed by atoms with Crippen LogP contribution in [0.5, 0.6) is 0 Å². The highest BCUT2D eigenvalue weighted by Crippen LogP contribution is 2.46. The Bertz CT molecular complexity index is 4680. The molecule has 2 aromatic heterocycles. The van der Waals surface area contributed by atoms with Crippen LogP contribution >= 0.6 is 0 Å². The third kappa shape index (κ3) is 8.30. The summed E-state index contributed by atoms with van der Waals surface area (Å²) in [6.45, 7) is 0. The molecule has 15 rings (SSSR count). The molecule has 1 aliphatic heterocycles. The lowest BCUT2D eigenvalue weighted by Crippen LogP contribution is -2.25. The van der Waals surface area contributed by atoms with Crippen molar-refractivity contribution in [1.82, 2.24) is 14.5 Å². The van der Waals surface area contributed by atoms with Gasteiger partial charge in [0, 0.05) is 49.7 Å². The van der Waals surface area contributed by atoms with E-state index in [4.69, 9.17) is 4.99 Å². The van der Waals surface area contributed by atoms with Crippen molar-refractivity contribution in [3.8, 4) is 67.0 Å². The molecule has 1 unspecified atom stereocenters. The van der Waals surface area contributed by atoms with E-state index in [0.29, 0.717) is 0 Å². The normalized spacial score (nSPS) is 13.4. The molecule has 4 heteroatoms. The summed E-state index contributed by atoms with van der Waals surface area (Å²) < 4.78 is 4.95. The lowest BCUT2D eigenvalue weighted by Gasteiger charge is -2.25. The van der Waals surface area contributed by atoms with Gasteiger partial charge in [-0.25, -0.2) is 0 Å². The minimum Gasteiger partial charge on any atom is -0.360 e. The summed E-state index contributed by atoms with van der Waals surface area (Å²) >= 11 is 0. The van der Waals surface area contributed by atoms with Crippen LogP contribution in [0, 0.1) is 0 Å². The number of hydrogen-bond acceptors (Lipinski definition) is 2. The second-order valence-electron chi connectivity index (χ2n) is 20.7. The van der Waals surface area contributed by atoms with Crippen molar-refractivity contribution in [1.29, 1.82) is 0 Å². The molecule has 1 atom stereocenters. The number of fused-ring (bicyclic) bond motifs is 6. The van der Waals surface area contributed by atoms with Crippen molar-refractivity contribution in [2.45, 2.75) is 6.17 Å². The molecule has 1 N–H and O–H groups in total. The fourth-order valence-electron chi connectivity index (χ4n) is 12.1. The number of benzene rings is 12. The van der Waals surface area contributed by atoms with E-state index < -0.39 is 0 Å². The minimum atomic E-state index is -0.335. The van der Waals surface area contributed by atoms with Crippen LogP contribution in [0.15, 0.2) is 308 Å². The summed E-state index contributed by atoms with van der Waals surface area (Å²) in [5.74, 6) is 0. The summed E-state index contributed by atoms with van der Waals surface area (Å²) in [6, 6.07) is 108. The molecule has 0 saturated heterocycles. The summed E-state index contributed by atoms with van der Waals surface area (Å²) in [7, 11) is 0. The van der Waals surface area contributed by atoms with Crippen LogP contribution in [-0.4, -0.2) is 14.8 Å². The number of nitrogens with zero attached hydrogens (tertiary/aromatic N) is 3. The molecular formula is C76H52N4. The van der Waals surface area contributed by atoms with E-state index in [-0.39, 0.29) is 6.17 Å². The van der Waals surface area contributed by atoms with Gasteiger partial charge < -0.3 is 14.5 Å². The minimum absolute atomic E-state index is 0.335. The molecule has 0 bridgehead atoms. The maximum Gasteiger partial charge on any atom is 0.145 e. The topological polar surface area (TPSA) is 34.2 Å². The molecule has 0 amide bonds. The van der Waals surface area contributed by atoms with Gasteiger partial charge in [0.2, 0.25) is 0 Å². The molecule has 4 nitrogen and oxygen atoms in total. The second-order valence-corrected chi connectivity index (χ2v) is 20.7. The zero-order chi connectivity index (χ0) is 52.9. The van der Waals surface area contributed by atoms with Crippen molar-refractivity contribution < 1.29 is 0 Å². The molecule has 12 aromatic carbocycles. The van der Waals surface area contributed by atoms with E-state index in [1.165, 1.54) is 60.4 Å². The van der Waals surface area contributed by atoms with Gasteiger partial charge in [-0.1, -0.05) is 224 Å². The Morgan fingerprint density at radius 3 is 1.18 bits per heavy atom.